The molecular formula is C16H23N3O. The number of rotatable bonds is 4. The number of carbonyl (C=O) groups is 1. The Hall–Kier alpha value is -1.39. The van der Waals surface area contributed by atoms with Crippen molar-refractivity contribution in [1.29, 1.82) is 0 Å². The van der Waals surface area contributed by atoms with Crippen molar-refractivity contribution in [3.8, 4) is 0 Å². The smallest absolute Gasteiger partial charge is 0.222 e. The van der Waals surface area contributed by atoms with Gasteiger partial charge in [-0.2, -0.15) is 0 Å². The number of hydrogen-bond acceptors (Lipinski definition) is 3. The van der Waals surface area contributed by atoms with Gasteiger partial charge < -0.3 is 10.6 Å². The standard InChI is InChI=1S/C16H23N3O/c17-10-14(13-4-2-1-3-5-13)11-18-8-9-19-15(12-18)6-7-16(19)20/h1-5,14-15H,6-12,17H2. The summed E-state index contributed by atoms with van der Waals surface area (Å²) < 4.78 is 0. The number of nitrogens with zero attached hydrogens (tertiary/aromatic N) is 2. The third-order valence-corrected chi connectivity index (χ3v) is 4.61. The molecule has 2 saturated heterocycles. The van der Waals surface area contributed by atoms with Crippen molar-refractivity contribution in [3.05, 3.63) is 35.9 Å². The molecule has 1 amide bonds. The number of piperazine rings is 1. The SMILES string of the molecule is NCC(CN1CCN2C(=O)CCC2C1)c1ccccc1. The van der Waals surface area contributed by atoms with Crippen LogP contribution in [0.4, 0.5) is 0 Å². The van der Waals surface area contributed by atoms with E-state index in [-0.39, 0.29) is 0 Å². The second-order valence-corrected chi connectivity index (χ2v) is 5.88. The molecule has 4 heteroatoms. The number of carbonyl (C=O) groups excluding carboxylic acids is 1. The Kier molecular flexibility index (Phi) is 4.03. The summed E-state index contributed by atoms with van der Waals surface area (Å²) in [5, 5.41) is 0. The van der Waals surface area contributed by atoms with Gasteiger partial charge in [0.25, 0.3) is 0 Å². The number of fused-ring (bicyclic) bond motifs is 1. The maximum absolute atomic E-state index is 11.7. The maximum atomic E-state index is 11.7. The van der Waals surface area contributed by atoms with E-state index < -0.39 is 0 Å². The van der Waals surface area contributed by atoms with Gasteiger partial charge in [0.15, 0.2) is 0 Å². The van der Waals surface area contributed by atoms with E-state index in [9.17, 15) is 4.79 Å². The summed E-state index contributed by atoms with van der Waals surface area (Å²) in [5.74, 6) is 0.730. The molecule has 1 aromatic carbocycles. The lowest BCUT2D eigenvalue weighted by Gasteiger charge is -2.39. The quantitative estimate of drug-likeness (QED) is 0.891. The zero-order valence-electron chi connectivity index (χ0n) is 11.9. The van der Waals surface area contributed by atoms with Crippen molar-refractivity contribution in [1.82, 2.24) is 9.80 Å². The van der Waals surface area contributed by atoms with Gasteiger partial charge in [-0.25, -0.2) is 0 Å². The van der Waals surface area contributed by atoms with Crippen LogP contribution in [0.15, 0.2) is 30.3 Å². The summed E-state index contributed by atoms with van der Waals surface area (Å²) in [5.41, 5.74) is 7.28. The average molecular weight is 273 g/mol. The Bertz CT molecular complexity index is 462. The lowest BCUT2D eigenvalue weighted by Crippen LogP contribution is -2.52. The molecule has 0 aliphatic carbocycles. The van der Waals surface area contributed by atoms with Crippen molar-refractivity contribution in [2.24, 2.45) is 5.73 Å². The van der Waals surface area contributed by atoms with Crippen LogP contribution in [0.1, 0.15) is 24.3 Å². The number of nitrogens with two attached hydrogens (primary N) is 1. The van der Waals surface area contributed by atoms with Crippen molar-refractivity contribution in [2.75, 3.05) is 32.7 Å². The van der Waals surface area contributed by atoms with Crippen LogP contribution < -0.4 is 5.73 Å². The van der Waals surface area contributed by atoms with E-state index >= 15 is 0 Å². The highest BCUT2D eigenvalue weighted by molar-refractivity contribution is 5.78. The van der Waals surface area contributed by atoms with E-state index in [1.807, 2.05) is 6.07 Å². The lowest BCUT2D eigenvalue weighted by molar-refractivity contribution is -0.130. The Morgan fingerprint density at radius 3 is 2.80 bits per heavy atom. The summed E-state index contributed by atoms with van der Waals surface area (Å²) >= 11 is 0. The number of amides is 1. The molecule has 0 saturated carbocycles. The molecule has 3 rings (SSSR count). The third-order valence-electron chi connectivity index (χ3n) is 4.61. The predicted molar refractivity (Wildman–Crippen MR) is 79.4 cm³/mol. The molecule has 4 nitrogen and oxygen atoms in total. The highest BCUT2D eigenvalue weighted by Crippen LogP contribution is 2.24. The molecule has 1 aromatic rings. The Morgan fingerprint density at radius 1 is 1.25 bits per heavy atom. The fraction of sp³-hybridized carbons (Fsp3) is 0.562. The minimum absolute atomic E-state index is 0.341. The van der Waals surface area contributed by atoms with Gasteiger partial charge in [-0.15, -0.1) is 0 Å². The van der Waals surface area contributed by atoms with E-state index in [0.717, 1.165) is 39.0 Å². The maximum Gasteiger partial charge on any atom is 0.222 e. The van der Waals surface area contributed by atoms with Crippen LogP contribution in [0.5, 0.6) is 0 Å². The first kappa shape index (κ1) is 13.6. The average Bonchev–Trinajstić information content (AvgIpc) is 2.86. The van der Waals surface area contributed by atoms with Crippen LogP contribution >= 0.6 is 0 Å². The molecule has 2 aliphatic heterocycles. The van der Waals surface area contributed by atoms with Gasteiger partial charge in [-0.1, -0.05) is 30.3 Å². The van der Waals surface area contributed by atoms with Gasteiger partial charge in [-0.05, 0) is 12.0 Å². The molecule has 2 heterocycles. The fourth-order valence-corrected chi connectivity index (χ4v) is 3.45. The van der Waals surface area contributed by atoms with E-state index in [2.05, 4.69) is 34.1 Å². The highest BCUT2D eigenvalue weighted by atomic mass is 16.2. The molecule has 0 aromatic heterocycles. The predicted octanol–water partition coefficient (Wildman–Crippen LogP) is 1.04. The van der Waals surface area contributed by atoms with Crippen LogP contribution in [0, 0.1) is 0 Å². The zero-order chi connectivity index (χ0) is 13.9. The van der Waals surface area contributed by atoms with Gasteiger partial charge in [0.2, 0.25) is 5.91 Å². The van der Waals surface area contributed by atoms with Crippen LogP contribution in [0.3, 0.4) is 0 Å². The number of benzene rings is 1. The molecule has 20 heavy (non-hydrogen) atoms. The van der Waals surface area contributed by atoms with Crippen molar-refractivity contribution in [3.63, 3.8) is 0 Å². The van der Waals surface area contributed by atoms with Crippen molar-refractivity contribution < 1.29 is 4.79 Å². The van der Waals surface area contributed by atoms with Gasteiger partial charge in [0.1, 0.15) is 0 Å². The molecule has 0 spiro atoms. The monoisotopic (exact) mass is 273 g/mol. The molecule has 108 valence electrons. The molecule has 0 radical (unpaired) electrons. The molecule has 2 unspecified atom stereocenters. The van der Waals surface area contributed by atoms with Crippen LogP contribution in [0.25, 0.3) is 0 Å². The summed E-state index contributed by atoms with van der Waals surface area (Å²) in [4.78, 5) is 16.2. The minimum Gasteiger partial charge on any atom is -0.337 e. The van der Waals surface area contributed by atoms with E-state index in [1.165, 1.54) is 5.56 Å². The second kappa shape index (κ2) is 5.94. The summed E-state index contributed by atoms with van der Waals surface area (Å²) in [6, 6.07) is 10.9. The zero-order valence-corrected chi connectivity index (χ0v) is 11.9. The Morgan fingerprint density at radius 2 is 2.05 bits per heavy atom. The van der Waals surface area contributed by atoms with Crippen LogP contribution in [0.2, 0.25) is 0 Å². The molecule has 2 aliphatic rings. The fourth-order valence-electron chi connectivity index (χ4n) is 3.45. The summed E-state index contributed by atoms with van der Waals surface area (Å²) in [6.07, 6.45) is 1.76. The molecule has 2 atom stereocenters. The second-order valence-electron chi connectivity index (χ2n) is 5.88. The molecular weight excluding hydrogens is 250 g/mol. The lowest BCUT2D eigenvalue weighted by atomic mass is 9.98. The summed E-state index contributed by atoms with van der Waals surface area (Å²) in [7, 11) is 0. The minimum atomic E-state index is 0.341. The number of hydrogen-bond donors (Lipinski definition) is 1. The van der Waals surface area contributed by atoms with Crippen molar-refractivity contribution in [2.45, 2.75) is 24.8 Å². The van der Waals surface area contributed by atoms with E-state index in [1.54, 1.807) is 0 Å². The van der Waals surface area contributed by atoms with Crippen LogP contribution in [-0.2, 0) is 4.79 Å². The van der Waals surface area contributed by atoms with Gasteiger partial charge in [-0.3, -0.25) is 9.69 Å². The van der Waals surface area contributed by atoms with Crippen LogP contribution in [-0.4, -0.2) is 54.5 Å². The molecule has 2 N–H and O–H groups in total. The molecule has 0 bridgehead atoms. The largest absolute Gasteiger partial charge is 0.337 e. The first-order valence-corrected chi connectivity index (χ1v) is 7.54. The first-order valence-electron chi connectivity index (χ1n) is 7.54. The van der Waals surface area contributed by atoms with Gasteiger partial charge >= 0.3 is 0 Å². The topological polar surface area (TPSA) is 49.6 Å². The van der Waals surface area contributed by atoms with Gasteiger partial charge in [0, 0.05) is 51.1 Å². The Balaban J connectivity index is 1.62. The van der Waals surface area contributed by atoms with Crippen molar-refractivity contribution >= 4 is 5.91 Å². The summed E-state index contributed by atoms with van der Waals surface area (Å²) in [6.45, 7) is 4.54. The third kappa shape index (κ3) is 2.72. The normalized spacial score (nSPS) is 24.8. The van der Waals surface area contributed by atoms with E-state index in [0.29, 0.717) is 24.4 Å². The highest BCUT2D eigenvalue weighted by Gasteiger charge is 2.35. The molecule has 2 fully saturated rings. The first-order chi connectivity index (χ1) is 9.78. The Labute approximate surface area is 120 Å². The van der Waals surface area contributed by atoms with Gasteiger partial charge in [0.05, 0.1) is 0 Å². The van der Waals surface area contributed by atoms with E-state index in [4.69, 9.17) is 5.73 Å².